The number of aryl methyl sites for hydroxylation is 3. The van der Waals surface area contributed by atoms with Crippen LogP contribution in [0.5, 0.6) is 5.75 Å². The molecule has 0 N–H and O–H groups in total. The summed E-state index contributed by atoms with van der Waals surface area (Å²) in [6.45, 7) is 8.39. The topological polar surface area (TPSA) is 121 Å². The fraction of sp³-hybridized carbons (Fsp3) is 0.471. The van der Waals surface area contributed by atoms with E-state index in [2.05, 4.69) is 15.1 Å². The van der Waals surface area contributed by atoms with Crippen molar-refractivity contribution in [3.8, 4) is 16.9 Å². The number of hydrogen-bond donors (Lipinski definition) is 0. The summed E-state index contributed by atoms with van der Waals surface area (Å²) < 4.78 is 56.8. The Balaban J connectivity index is 1.25. The van der Waals surface area contributed by atoms with Gasteiger partial charge in [-0.15, -0.1) is 0 Å². The number of fused-ring (bicyclic) bond motifs is 1. The number of benzene rings is 1. The molecule has 1 atom stereocenters. The average molecular weight is 681 g/mol. The van der Waals surface area contributed by atoms with Crippen LogP contribution in [0.15, 0.2) is 36.8 Å². The van der Waals surface area contributed by atoms with Crippen LogP contribution in [-0.2, 0) is 30.9 Å². The number of imidazole rings is 1. The van der Waals surface area contributed by atoms with E-state index in [4.69, 9.17) is 14.5 Å². The summed E-state index contributed by atoms with van der Waals surface area (Å²) in [4.78, 5) is 43.9. The van der Waals surface area contributed by atoms with Crippen molar-refractivity contribution < 1.29 is 32.2 Å². The second kappa shape index (κ2) is 13.9. The number of halogens is 3. The quantitative estimate of drug-likeness (QED) is 0.218. The molecule has 3 aromatic heterocycles. The van der Waals surface area contributed by atoms with Gasteiger partial charge < -0.3 is 23.8 Å². The zero-order valence-electron chi connectivity index (χ0n) is 28.0. The summed E-state index contributed by atoms with van der Waals surface area (Å²) in [7, 11) is 1.42. The summed E-state index contributed by atoms with van der Waals surface area (Å²) in [5.41, 5.74) is 1.15. The summed E-state index contributed by atoms with van der Waals surface area (Å²) in [5, 5.41) is 3.69. The largest absolute Gasteiger partial charge is 0.491 e. The third-order valence-electron chi connectivity index (χ3n) is 8.77. The number of alkyl halides is 3. The predicted octanol–water partition coefficient (Wildman–Crippen LogP) is 5.25. The number of ketones is 1. The van der Waals surface area contributed by atoms with Crippen molar-refractivity contribution in [3.05, 3.63) is 70.8 Å². The number of hydrogen-bond acceptors (Lipinski definition) is 9. The molecule has 12 nitrogen and oxygen atoms in total. The monoisotopic (exact) mass is 680 g/mol. The Kier molecular flexibility index (Phi) is 9.61. The third kappa shape index (κ3) is 7.39. The van der Waals surface area contributed by atoms with Gasteiger partial charge in [0.1, 0.15) is 11.6 Å². The van der Waals surface area contributed by atoms with Gasteiger partial charge in [0.05, 0.1) is 24.7 Å². The molecule has 0 saturated carbocycles. The minimum atomic E-state index is -4.71. The summed E-state index contributed by atoms with van der Waals surface area (Å²) in [6, 6.07) is 5.14. The first-order valence-electron chi connectivity index (χ1n) is 16.3. The first kappa shape index (κ1) is 33.9. The summed E-state index contributed by atoms with van der Waals surface area (Å²) in [6.07, 6.45) is 1.69. The molecule has 1 aromatic carbocycles. The maximum Gasteiger partial charge on any atom is 0.435 e. The molecular formula is C34H39F3N8O4. The lowest BCUT2D eigenvalue weighted by atomic mass is 9.87. The second-order valence-corrected chi connectivity index (χ2v) is 12.5. The van der Waals surface area contributed by atoms with Gasteiger partial charge in [0.2, 0.25) is 5.95 Å². The van der Waals surface area contributed by atoms with E-state index in [1.807, 2.05) is 36.3 Å². The molecule has 2 aliphatic heterocycles. The Morgan fingerprint density at radius 2 is 1.82 bits per heavy atom. The molecule has 49 heavy (non-hydrogen) atoms. The van der Waals surface area contributed by atoms with Crippen LogP contribution in [0.1, 0.15) is 58.6 Å². The lowest BCUT2D eigenvalue weighted by Gasteiger charge is -2.34. The smallest absolute Gasteiger partial charge is 0.435 e. The molecule has 0 spiro atoms. The Morgan fingerprint density at radius 1 is 1.06 bits per heavy atom. The number of aromatic nitrogens is 6. The number of rotatable bonds is 9. The highest BCUT2D eigenvalue weighted by Gasteiger charge is 2.40. The van der Waals surface area contributed by atoms with Crippen molar-refractivity contribution in [2.75, 3.05) is 44.3 Å². The Labute approximate surface area is 281 Å². The number of nitrogens with zero attached hydrogens (tertiary/aromatic N) is 8. The molecule has 4 aromatic rings. The van der Waals surface area contributed by atoms with E-state index in [1.54, 1.807) is 29.4 Å². The Hall–Kier alpha value is -4.95. The van der Waals surface area contributed by atoms with E-state index in [1.165, 1.54) is 13.2 Å². The van der Waals surface area contributed by atoms with Crippen LogP contribution in [0.2, 0.25) is 0 Å². The van der Waals surface area contributed by atoms with Gasteiger partial charge in [-0.2, -0.15) is 18.3 Å². The van der Waals surface area contributed by atoms with E-state index in [0.29, 0.717) is 56.5 Å². The van der Waals surface area contributed by atoms with E-state index < -0.39 is 17.8 Å². The summed E-state index contributed by atoms with van der Waals surface area (Å²) >= 11 is 0. The molecule has 5 heterocycles. The van der Waals surface area contributed by atoms with Crippen LogP contribution in [0, 0.1) is 19.8 Å². The molecule has 1 saturated heterocycles. The minimum Gasteiger partial charge on any atom is -0.491 e. The minimum absolute atomic E-state index is 0.0301. The number of amides is 1. The standard InChI is InChI=1S/C34H39F3N8O4/c1-5-6-13-48-33(47)44-11-9-43(10-12-44)32-39-21(2)14-25(40-32)17-24-20-49-30-26(28-19-42(4)41-31(28)34(35,36)37)15-23(16-27(30)29(24)46)18-45-8-7-38-22(45)3/h7-8,14-16,19,24H,5-6,9-13,17-18,20H2,1-4H3/t24-/m0/s1. The van der Waals surface area contributed by atoms with E-state index in [0.717, 1.165) is 29.0 Å². The highest BCUT2D eigenvalue weighted by Crippen LogP contribution is 2.44. The highest BCUT2D eigenvalue weighted by molar-refractivity contribution is 6.04. The average Bonchev–Trinajstić information content (AvgIpc) is 3.66. The number of anilines is 1. The Bertz CT molecular complexity index is 1850. The van der Waals surface area contributed by atoms with Crippen molar-refractivity contribution in [1.82, 2.24) is 34.2 Å². The number of carbonyl (C=O) groups excluding carboxylic acids is 2. The molecule has 0 unspecified atom stereocenters. The zero-order valence-corrected chi connectivity index (χ0v) is 28.0. The van der Waals surface area contributed by atoms with Gasteiger partial charge in [0, 0.05) is 87.3 Å². The first-order chi connectivity index (χ1) is 23.4. The van der Waals surface area contributed by atoms with Crippen LogP contribution in [0.4, 0.5) is 23.9 Å². The molecule has 0 radical (unpaired) electrons. The number of unbranched alkanes of at least 4 members (excludes halogenated alkanes) is 1. The maximum absolute atomic E-state index is 14.1. The van der Waals surface area contributed by atoms with Gasteiger partial charge in [0.15, 0.2) is 11.5 Å². The van der Waals surface area contributed by atoms with Gasteiger partial charge >= 0.3 is 12.3 Å². The normalized spacial score (nSPS) is 16.5. The third-order valence-corrected chi connectivity index (χ3v) is 8.77. The number of Topliss-reactive ketones (excluding diaryl/α,β-unsaturated/α-hetero) is 1. The molecular weight excluding hydrogens is 641 g/mol. The summed E-state index contributed by atoms with van der Waals surface area (Å²) in [5.74, 6) is 0.475. The fourth-order valence-electron chi connectivity index (χ4n) is 6.21. The lowest BCUT2D eigenvalue weighted by Crippen LogP contribution is -2.49. The van der Waals surface area contributed by atoms with Gasteiger partial charge in [-0.1, -0.05) is 13.3 Å². The van der Waals surface area contributed by atoms with Gasteiger partial charge in [0.25, 0.3) is 0 Å². The van der Waals surface area contributed by atoms with Crippen molar-refractivity contribution in [2.24, 2.45) is 13.0 Å². The molecule has 15 heteroatoms. The van der Waals surface area contributed by atoms with E-state index in [9.17, 15) is 22.8 Å². The zero-order chi connectivity index (χ0) is 34.9. The van der Waals surface area contributed by atoms with Gasteiger partial charge in [-0.05, 0) is 44.0 Å². The van der Waals surface area contributed by atoms with Crippen molar-refractivity contribution >= 4 is 17.8 Å². The number of carbonyl (C=O) groups is 2. The van der Waals surface area contributed by atoms with Crippen LogP contribution >= 0.6 is 0 Å². The van der Waals surface area contributed by atoms with Crippen molar-refractivity contribution in [2.45, 2.75) is 52.8 Å². The highest BCUT2D eigenvalue weighted by atomic mass is 19.4. The number of piperazine rings is 1. The van der Waals surface area contributed by atoms with Gasteiger partial charge in [-0.25, -0.2) is 19.7 Å². The van der Waals surface area contributed by atoms with Crippen molar-refractivity contribution in [1.29, 1.82) is 0 Å². The first-order valence-corrected chi connectivity index (χ1v) is 16.3. The van der Waals surface area contributed by atoms with Crippen LogP contribution in [0.3, 0.4) is 0 Å². The predicted molar refractivity (Wildman–Crippen MR) is 174 cm³/mol. The molecule has 6 rings (SSSR count). The molecule has 2 aliphatic rings. The second-order valence-electron chi connectivity index (χ2n) is 12.5. The molecule has 0 bridgehead atoms. The van der Waals surface area contributed by atoms with E-state index >= 15 is 0 Å². The SMILES string of the molecule is CCCCOC(=O)N1CCN(c2nc(C)cc(C[C@H]3COc4c(cc(Cn5ccnc5C)cc4-c4cn(C)nc4C(F)(F)F)C3=O)n2)CC1. The van der Waals surface area contributed by atoms with E-state index in [-0.39, 0.29) is 47.3 Å². The van der Waals surface area contributed by atoms with Gasteiger partial charge in [-0.3, -0.25) is 9.48 Å². The van der Waals surface area contributed by atoms with Crippen molar-refractivity contribution in [3.63, 3.8) is 0 Å². The maximum atomic E-state index is 14.1. The molecule has 1 fully saturated rings. The molecule has 0 aliphatic carbocycles. The number of ether oxygens (including phenoxy) is 2. The fourth-order valence-corrected chi connectivity index (χ4v) is 6.21. The molecule has 260 valence electrons. The Morgan fingerprint density at radius 3 is 2.51 bits per heavy atom. The van der Waals surface area contributed by atoms with Crippen LogP contribution < -0.4 is 9.64 Å². The van der Waals surface area contributed by atoms with Crippen LogP contribution in [-0.4, -0.2) is 85.5 Å². The lowest BCUT2D eigenvalue weighted by molar-refractivity contribution is -0.141. The van der Waals surface area contributed by atoms with Crippen LogP contribution in [0.25, 0.3) is 11.1 Å². The molecule has 1 amide bonds.